The maximum Gasteiger partial charge on any atom is 0.306 e. The highest BCUT2D eigenvalue weighted by Gasteiger charge is 2.19. The monoisotopic (exact) mass is 967 g/mol. The number of unbranched alkanes of at least 4 members (excludes halogenated alkanes) is 36. The Labute approximate surface area is 428 Å². The molecular formula is C63H114O6. The lowest BCUT2D eigenvalue weighted by atomic mass is 10.0. The molecule has 6 heteroatoms. The molecule has 0 radical (unpaired) electrons. The second-order valence-electron chi connectivity index (χ2n) is 20.2. The largest absolute Gasteiger partial charge is 0.462 e. The van der Waals surface area contributed by atoms with Crippen molar-refractivity contribution in [3.8, 4) is 0 Å². The predicted molar refractivity (Wildman–Crippen MR) is 298 cm³/mol. The van der Waals surface area contributed by atoms with Gasteiger partial charge in [-0.1, -0.05) is 288 Å². The van der Waals surface area contributed by atoms with Gasteiger partial charge >= 0.3 is 17.9 Å². The van der Waals surface area contributed by atoms with E-state index in [1.165, 1.54) is 193 Å². The third-order valence-electron chi connectivity index (χ3n) is 13.3. The first-order valence-corrected chi connectivity index (χ1v) is 30.1. The zero-order valence-electron chi connectivity index (χ0n) is 46.1. The minimum atomic E-state index is -0.791. The molecule has 0 aliphatic heterocycles. The van der Waals surface area contributed by atoms with Crippen molar-refractivity contribution in [1.82, 2.24) is 0 Å². The second-order valence-corrected chi connectivity index (χ2v) is 20.2. The van der Waals surface area contributed by atoms with E-state index in [-0.39, 0.29) is 37.5 Å². The van der Waals surface area contributed by atoms with E-state index < -0.39 is 6.10 Å². The van der Waals surface area contributed by atoms with Crippen molar-refractivity contribution in [2.75, 3.05) is 13.2 Å². The molecule has 0 saturated heterocycles. The van der Waals surface area contributed by atoms with Crippen molar-refractivity contribution < 1.29 is 28.6 Å². The van der Waals surface area contributed by atoms with Crippen LogP contribution < -0.4 is 0 Å². The first-order chi connectivity index (χ1) is 34.0. The highest BCUT2D eigenvalue weighted by molar-refractivity contribution is 5.71. The fourth-order valence-electron chi connectivity index (χ4n) is 8.85. The number of carbonyl (C=O) groups excluding carboxylic acids is 3. The molecule has 0 spiro atoms. The van der Waals surface area contributed by atoms with Crippen molar-refractivity contribution in [3.05, 3.63) is 48.6 Å². The van der Waals surface area contributed by atoms with Crippen molar-refractivity contribution >= 4 is 17.9 Å². The van der Waals surface area contributed by atoms with Crippen LogP contribution in [0, 0.1) is 0 Å². The summed E-state index contributed by atoms with van der Waals surface area (Å²) in [6.07, 6.45) is 71.2. The Kier molecular flexibility index (Phi) is 55.7. The zero-order valence-corrected chi connectivity index (χ0v) is 46.1. The number of esters is 3. The number of allylic oxidation sites excluding steroid dienone is 8. The number of carbonyl (C=O) groups is 3. The van der Waals surface area contributed by atoms with Crippen LogP contribution >= 0.6 is 0 Å². The standard InChI is InChI=1S/C63H114O6/c1-4-7-10-13-16-19-22-25-28-29-30-31-32-33-34-36-38-41-44-47-50-53-56-62(65)68-59-60(58-67-61(64)55-52-49-46-43-40-37-27-24-21-18-15-12-9-6-3)69-63(66)57-54-51-48-45-42-39-35-26-23-20-17-14-11-8-5-2/h8,11,17,20,26,35,42,45,60H,4-7,9-10,12-16,18-19,21-25,27-34,36-41,43-44,46-59H2,1-3H3/b11-8-,20-17-,35-26-,45-42-. The van der Waals surface area contributed by atoms with Gasteiger partial charge in [-0.2, -0.15) is 0 Å². The topological polar surface area (TPSA) is 78.9 Å². The smallest absolute Gasteiger partial charge is 0.306 e. The molecule has 0 heterocycles. The fraction of sp³-hybridized carbons (Fsp3) is 0.825. The molecular weight excluding hydrogens is 853 g/mol. The molecule has 0 aliphatic carbocycles. The number of ether oxygens (including phenoxy) is 3. The van der Waals surface area contributed by atoms with Crippen LogP contribution in [0.1, 0.15) is 316 Å². The average Bonchev–Trinajstić information content (AvgIpc) is 3.35. The first-order valence-electron chi connectivity index (χ1n) is 30.1. The van der Waals surface area contributed by atoms with Crippen LogP contribution in [0.3, 0.4) is 0 Å². The van der Waals surface area contributed by atoms with Gasteiger partial charge < -0.3 is 14.2 Å². The second kappa shape index (κ2) is 57.9. The van der Waals surface area contributed by atoms with Crippen molar-refractivity contribution in [2.45, 2.75) is 322 Å². The quantitative estimate of drug-likeness (QED) is 0.0262. The molecule has 0 aromatic carbocycles. The van der Waals surface area contributed by atoms with Gasteiger partial charge in [0.25, 0.3) is 0 Å². The van der Waals surface area contributed by atoms with Gasteiger partial charge in [-0.15, -0.1) is 0 Å². The molecule has 0 aromatic rings. The summed E-state index contributed by atoms with van der Waals surface area (Å²) in [4.78, 5) is 38.2. The van der Waals surface area contributed by atoms with Crippen LogP contribution in [0.2, 0.25) is 0 Å². The van der Waals surface area contributed by atoms with Crippen molar-refractivity contribution in [3.63, 3.8) is 0 Å². The van der Waals surface area contributed by atoms with Gasteiger partial charge in [0.15, 0.2) is 6.10 Å². The molecule has 1 unspecified atom stereocenters. The molecule has 0 fully saturated rings. The fourth-order valence-corrected chi connectivity index (χ4v) is 8.85. The predicted octanol–water partition coefficient (Wildman–Crippen LogP) is 20.2. The number of rotatable bonds is 55. The molecule has 6 nitrogen and oxygen atoms in total. The summed E-state index contributed by atoms with van der Waals surface area (Å²) in [5.41, 5.74) is 0. The summed E-state index contributed by atoms with van der Waals surface area (Å²) in [7, 11) is 0. The van der Waals surface area contributed by atoms with E-state index >= 15 is 0 Å². The SMILES string of the molecule is CC/C=C\C/C=C\C/C=C\C/C=C\CCCCC(=O)OC(COC(=O)CCCCCCCCCCCCCCCC)COC(=O)CCCCCCCCCCCCCCCCCCCCCCCC. The Balaban J connectivity index is 4.31. The Morgan fingerprint density at radius 2 is 0.565 bits per heavy atom. The van der Waals surface area contributed by atoms with Gasteiger partial charge in [0, 0.05) is 19.3 Å². The Morgan fingerprint density at radius 3 is 0.884 bits per heavy atom. The summed E-state index contributed by atoms with van der Waals surface area (Å²) in [5.74, 6) is -0.909. The first kappa shape index (κ1) is 66.4. The molecule has 0 amide bonds. The number of hydrogen-bond donors (Lipinski definition) is 0. The molecule has 1 atom stereocenters. The van der Waals surface area contributed by atoms with E-state index in [9.17, 15) is 14.4 Å². The molecule has 69 heavy (non-hydrogen) atoms. The summed E-state index contributed by atoms with van der Waals surface area (Å²) in [5, 5.41) is 0. The van der Waals surface area contributed by atoms with E-state index in [4.69, 9.17) is 14.2 Å². The van der Waals surface area contributed by atoms with Crippen LogP contribution in [0.4, 0.5) is 0 Å². The Bertz CT molecular complexity index is 1200. The van der Waals surface area contributed by atoms with Crippen LogP contribution in [0.25, 0.3) is 0 Å². The normalized spacial score (nSPS) is 12.3. The van der Waals surface area contributed by atoms with E-state index in [1.807, 2.05) is 0 Å². The lowest BCUT2D eigenvalue weighted by Gasteiger charge is -2.18. The maximum atomic E-state index is 12.8. The zero-order chi connectivity index (χ0) is 50.0. The molecule has 0 rings (SSSR count). The van der Waals surface area contributed by atoms with Gasteiger partial charge in [0.05, 0.1) is 0 Å². The number of hydrogen-bond acceptors (Lipinski definition) is 6. The summed E-state index contributed by atoms with van der Waals surface area (Å²) >= 11 is 0. The summed E-state index contributed by atoms with van der Waals surface area (Å²) < 4.78 is 16.9. The van der Waals surface area contributed by atoms with Crippen LogP contribution in [0.5, 0.6) is 0 Å². The molecule has 402 valence electrons. The van der Waals surface area contributed by atoms with E-state index in [1.54, 1.807) is 0 Å². The summed E-state index contributed by atoms with van der Waals surface area (Å²) in [6, 6.07) is 0. The van der Waals surface area contributed by atoms with E-state index in [0.29, 0.717) is 19.3 Å². The van der Waals surface area contributed by atoms with Gasteiger partial charge in [0.2, 0.25) is 0 Å². The highest BCUT2D eigenvalue weighted by Crippen LogP contribution is 2.17. The highest BCUT2D eigenvalue weighted by atomic mass is 16.6. The van der Waals surface area contributed by atoms with Crippen molar-refractivity contribution in [1.29, 1.82) is 0 Å². The molecule has 0 N–H and O–H groups in total. The average molecular weight is 968 g/mol. The minimum Gasteiger partial charge on any atom is -0.462 e. The molecule has 0 saturated carbocycles. The minimum absolute atomic E-state index is 0.0853. The van der Waals surface area contributed by atoms with Crippen LogP contribution in [-0.2, 0) is 28.6 Å². The van der Waals surface area contributed by atoms with Crippen LogP contribution in [0.15, 0.2) is 48.6 Å². The Hall–Kier alpha value is -2.63. The Morgan fingerprint density at radius 1 is 0.304 bits per heavy atom. The van der Waals surface area contributed by atoms with E-state index in [0.717, 1.165) is 77.0 Å². The third kappa shape index (κ3) is 56.2. The van der Waals surface area contributed by atoms with Crippen LogP contribution in [-0.4, -0.2) is 37.2 Å². The lowest BCUT2D eigenvalue weighted by Crippen LogP contribution is -2.30. The molecule has 0 aliphatic rings. The lowest BCUT2D eigenvalue weighted by molar-refractivity contribution is -0.167. The third-order valence-corrected chi connectivity index (χ3v) is 13.3. The van der Waals surface area contributed by atoms with Gasteiger partial charge in [-0.05, 0) is 57.8 Å². The van der Waals surface area contributed by atoms with Gasteiger partial charge in [-0.3, -0.25) is 14.4 Å². The molecule has 0 bridgehead atoms. The van der Waals surface area contributed by atoms with Gasteiger partial charge in [-0.25, -0.2) is 0 Å². The summed E-state index contributed by atoms with van der Waals surface area (Å²) in [6.45, 7) is 6.54. The molecule has 0 aromatic heterocycles. The van der Waals surface area contributed by atoms with Gasteiger partial charge in [0.1, 0.15) is 13.2 Å². The van der Waals surface area contributed by atoms with Crippen molar-refractivity contribution in [2.24, 2.45) is 0 Å². The maximum absolute atomic E-state index is 12.8. The van der Waals surface area contributed by atoms with E-state index in [2.05, 4.69) is 69.4 Å².